The number of benzene rings is 2. The lowest BCUT2D eigenvalue weighted by molar-refractivity contribution is -0.138. The van der Waals surface area contributed by atoms with Crippen molar-refractivity contribution in [1.82, 2.24) is 10.6 Å². The highest BCUT2D eigenvalue weighted by atomic mass is 16.5. The fourth-order valence-corrected chi connectivity index (χ4v) is 5.09. The molecule has 35 heavy (non-hydrogen) atoms. The summed E-state index contributed by atoms with van der Waals surface area (Å²) in [7, 11) is 0. The van der Waals surface area contributed by atoms with Gasteiger partial charge in [-0.05, 0) is 46.4 Å². The van der Waals surface area contributed by atoms with Gasteiger partial charge in [0.2, 0.25) is 5.91 Å². The first-order valence-electron chi connectivity index (χ1n) is 12.2. The predicted octanol–water partition coefficient (Wildman–Crippen LogP) is 4.56. The Morgan fingerprint density at radius 2 is 1.63 bits per heavy atom. The number of carboxylic acid groups (broad SMARTS) is 1. The van der Waals surface area contributed by atoms with Crippen molar-refractivity contribution in [3.63, 3.8) is 0 Å². The molecule has 3 N–H and O–H groups in total. The minimum Gasteiger partial charge on any atom is -0.481 e. The van der Waals surface area contributed by atoms with E-state index in [0.717, 1.165) is 11.1 Å². The number of nitrogens with one attached hydrogen (secondary N) is 2. The molecular formula is C28H34N2O5. The number of carbonyl (C=O) groups excluding carboxylic acids is 2. The Morgan fingerprint density at radius 3 is 2.20 bits per heavy atom. The second kappa shape index (κ2) is 10.1. The van der Waals surface area contributed by atoms with Crippen LogP contribution >= 0.6 is 0 Å². The highest BCUT2D eigenvalue weighted by molar-refractivity contribution is 5.83. The molecule has 0 aliphatic heterocycles. The quantitative estimate of drug-likeness (QED) is 0.490. The van der Waals surface area contributed by atoms with Gasteiger partial charge >= 0.3 is 12.1 Å². The summed E-state index contributed by atoms with van der Waals surface area (Å²) in [6.45, 7) is 6.67. The van der Waals surface area contributed by atoms with E-state index in [1.807, 2.05) is 45.0 Å². The normalized spacial score (nSPS) is 19.3. The molecule has 2 aliphatic carbocycles. The van der Waals surface area contributed by atoms with Crippen molar-refractivity contribution in [3.05, 3.63) is 59.7 Å². The zero-order valence-corrected chi connectivity index (χ0v) is 20.5. The molecule has 4 rings (SSSR count). The molecule has 1 fully saturated rings. The van der Waals surface area contributed by atoms with E-state index in [0.29, 0.717) is 19.4 Å². The Morgan fingerprint density at radius 1 is 1.03 bits per heavy atom. The van der Waals surface area contributed by atoms with Crippen molar-refractivity contribution < 1.29 is 24.2 Å². The summed E-state index contributed by atoms with van der Waals surface area (Å²) in [4.78, 5) is 36.2. The van der Waals surface area contributed by atoms with Crippen LogP contribution in [0, 0.1) is 17.3 Å². The number of fused-ring (bicyclic) bond motifs is 3. The number of carboxylic acids is 1. The minimum atomic E-state index is -0.927. The van der Waals surface area contributed by atoms with Crippen LogP contribution in [-0.4, -0.2) is 42.3 Å². The molecule has 0 radical (unpaired) electrons. The largest absolute Gasteiger partial charge is 0.481 e. The molecule has 2 aromatic carbocycles. The van der Waals surface area contributed by atoms with Gasteiger partial charge in [-0.3, -0.25) is 9.59 Å². The zero-order chi connectivity index (χ0) is 25.2. The van der Waals surface area contributed by atoms with E-state index in [-0.39, 0.29) is 42.1 Å². The van der Waals surface area contributed by atoms with Gasteiger partial charge in [0.1, 0.15) is 6.61 Å². The number of ether oxygens (including phenoxy) is 1. The van der Waals surface area contributed by atoms with Gasteiger partial charge in [0.05, 0.1) is 6.42 Å². The molecule has 2 amide bonds. The van der Waals surface area contributed by atoms with E-state index in [2.05, 4.69) is 34.9 Å². The maximum absolute atomic E-state index is 12.6. The van der Waals surface area contributed by atoms with Gasteiger partial charge in [0, 0.05) is 24.4 Å². The molecule has 7 nitrogen and oxygen atoms in total. The standard InChI is InChI=1S/C28H34N2O5/c1-28(2,3)14-18(13-25(31)32)30-26(33)23-12-17(23)15-29-27(34)35-16-24-21-10-6-4-8-19(21)20-9-5-7-11-22(20)24/h4-11,17-18,23-24H,12-16H2,1-3H3,(H,29,34)(H,30,33)(H,31,32)/t17-,18?,23-/m1/s1. The second-order valence-electron chi connectivity index (χ2n) is 10.9. The van der Waals surface area contributed by atoms with Crippen LogP contribution in [0.2, 0.25) is 0 Å². The number of aliphatic carboxylic acids is 1. The van der Waals surface area contributed by atoms with Crippen molar-refractivity contribution >= 4 is 18.0 Å². The summed E-state index contributed by atoms with van der Waals surface area (Å²) in [5, 5.41) is 14.9. The van der Waals surface area contributed by atoms with Crippen LogP contribution in [0.4, 0.5) is 4.79 Å². The number of hydrogen-bond donors (Lipinski definition) is 3. The topological polar surface area (TPSA) is 105 Å². The summed E-state index contributed by atoms with van der Waals surface area (Å²) in [5.74, 6) is -1.24. The van der Waals surface area contributed by atoms with E-state index < -0.39 is 18.1 Å². The number of carbonyl (C=O) groups is 3. The average Bonchev–Trinajstić information content (AvgIpc) is 3.50. The minimum absolute atomic E-state index is 0.00147. The van der Waals surface area contributed by atoms with Crippen LogP contribution in [0.25, 0.3) is 11.1 Å². The lowest BCUT2D eigenvalue weighted by Gasteiger charge is -2.26. The van der Waals surface area contributed by atoms with Gasteiger partial charge in [-0.15, -0.1) is 0 Å². The lowest BCUT2D eigenvalue weighted by atomic mass is 9.87. The third kappa shape index (κ3) is 6.21. The molecule has 0 aromatic heterocycles. The molecular weight excluding hydrogens is 444 g/mol. The van der Waals surface area contributed by atoms with E-state index in [4.69, 9.17) is 4.74 Å². The zero-order valence-electron chi connectivity index (χ0n) is 20.5. The first kappa shape index (κ1) is 24.8. The fraction of sp³-hybridized carbons (Fsp3) is 0.464. The number of hydrogen-bond acceptors (Lipinski definition) is 4. The summed E-state index contributed by atoms with van der Waals surface area (Å²) < 4.78 is 5.56. The van der Waals surface area contributed by atoms with Crippen LogP contribution < -0.4 is 10.6 Å². The Labute approximate surface area is 206 Å². The molecule has 1 saturated carbocycles. The number of amides is 2. The summed E-state index contributed by atoms with van der Waals surface area (Å²) >= 11 is 0. The van der Waals surface area contributed by atoms with Crippen molar-refractivity contribution in [2.24, 2.45) is 17.3 Å². The van der Waals surface area contributed by atoms with Gasteiger partial charge in [0.15, 0.2) is 0 Å². The van der Waals surface area contributed by atoms with Crippen molar-refractivity contribution in [2.45, 2.75) is 52.0 Å². The van der Waals surface area contributed by atoms with Crippen molar-refractivity contribution in [3.8, 4) is 11.1 Å². The second-order valence-corrected chi connectivity index (χ2v) is 10.9. The van der Waals surface area contributed by atoms with Gasteiger partial charge in [-0.2, -0.15) is 0 Å². The fourth-order valence-electron chi connectivity index (χ4n) is 5.09. The Hall–Kier alpha value is -3.35. The molecule has 1 unspecified atom stereocenters. The first-order valence-corrected chi connectivity index (χ1v) is 12.2. The van der Waals surface area contributed by atoms with E-state index in [9.17, 15) is 19.5 Å². The van der Waals surface area contributed by atoms with E-state index in [1.54, 1.807) is 0 Å². The molecule has 0 heterocycles. The first-order chi connectivity index (χ1) is 16.6. The summed E-state index contributed by atoms with van der Waals surface area (Å²) in [6, 6.07) is 16.0. The van der Waals surface area contributed by atoms with Crippen LogP contribution in [-0.2, 0) is 14.3 Å². The van der Waals surface area contributed by atoms with Gasteiger partial charge in [-0.25, -0.2) is 4.79 Å². The predicted molar refractivity (Wildman–Crippen MR) is 133 cm³/mol. The van der Waals surface area contributed by atoms with Crippen molar-refractivity contribution in [1.29, 1.82) is 0 Å². The van der Waals surface area contributed by atoms with E-state index in [1.165, 1.54) is 11.1 Å². The molecule has 7 heteroatoms. The molecule has 186 valence electrons. The average molecular weight is 479 g/mol. The third-order valence-electron chi connectivity index (χ3n) is 6.74. The number of alkyl carbamates (subject to hydrolysis) is 1. The van der Waals surface area contributed by atoms with E-state index >= 15 is 0 Å². The Kier molecular flexibility index (Phi) is 7.15. The molecule has 3 atom stereocenters. The van der Waals surface area contributed by atoms with Gasteiger partial charge in [-0.1, -0.05) is 69.3 Å². The van der Waals surface area contributed by atoms with Crippen LogP contribution in [0.5, 0.6) is 0 Å². The highest BCUT2D eigenvalue weighted by Crippen LogP contribution is 2.44. The monoisotopic (exact) mass is 478 g/mol. The Bertz CT molecular complexity index is 1060. The van der Waals surface area contributed by atoms with Crippen LogP contribution in [0.15, 0.2) is 48.5 Å². The molecule has 0 bridgehead atoms. The maximum atomic E-state index is 12.6. The van der Waals surface area contributed by atoms with Crippen molar-refractivity contribution in [2.75, 3.05) is 13.2 Å². The lowest BCUT2D eigenvalue weighted by Crippen LogP contribution is -2.40. The SMILES string of the molecule is CC(C)(C)CC(CC(=O)O)NC(=O)[C@@H]1C[C@@H]1CNC(=O)OCC1c2ccccc2-c2ccccc21. The number of rotatable bonds is 9. The van der Waals surface area contributed by atoms with Crippen LogP contribution in [0.1, 0.15) is 57.1 Å². The molecule has 2 aromatic rings. The maximum Gasteiger partial charge on any atom is 0.407 e. The molecule has 0 saturated heterocycles. The highest BCUT2D eigenvalue weighted by Gasteiger charge is 2.43. The smallest absolute Gasteiger partial charge is 0.407 e. The molecule has 2 aliphatic rings. The van der Waals surface area contributed by atoms with Crippen LogP contribution in [0.3, 0.4) is 0 Å². The summed E-state index contributed by atoms with van der Waals surface area (Å²) in [6.07, 6.45) is 0.665. The Balaban J connectivity index is 1.24. The molecule has 0 spiro atoms. The third-order valence-corrected chi connectivity index (χ3v) is 6.74. The van der Waals surface area contributed by atoms with Gasteiger partial charge < -0.3 is 20.5 Å². The van der Waals surface area contributed by atoms with Gasteiger partial charge in [0.25, 0.3) is 0 Å². The summed E-state index contributed by atoms with van der Waals surface area (Å²) in [5.41, 5.74) is 4.58.